The maximum absolute atomic E-state index is 11.6. The van der Waals surface area contributed by atoms with Crippen LogP contribution in [0.3, 0.4) is 0 Å². The van der Waals surface area contributed by atoms with Crippen LogP contribution in [0.15, 0.2) is 36.0 Å². The highest BCUT2D eigenvalue weighted by molar-refractivity contribution is 5.99. The average molecular weight is 279 g/mol. The Bertz CT molecular complexity index is 551. The standard InChI is InChI=1S/C12H13N3O5/c1-8(13-7-12(17)18)6-11(16)14-9-2-4-10(5-3-9)15(19)20/h2-6,13H,7H2,1H3,(H,14,16)(H,17,18)/b8-6+. The summed E-state index contributed by atoms with van der Waals surface area (Å²) in [7, 11) is 0. The van der Waals surface area contributed by atoms with E-state index in [-0.39, 0.29) is 12.2 Å². The summed E-state index contributed by atoms with van der Waals surface area (Å²) in [6.45, 7) is 1.27. The topological polar surface area (TPSA) is 122 Å². The fourth-order valence-corrected chi connectivity index (χ4v) is 1.31. The molecular weight excluding hydrogens is 266 g/mol. The molecule has 8 heteroatoms. The van der Waals surface area contributed by atoms with Gasteiger partial charge in [-0.15, -0.1) is 0 Å². The molecule has 0 radical (unpaired) electrons. The third-order valence-electron chi connectivity index (χ3n) is 2.21. The molecule has 8 nitrogen and oxygen atoms in total. The van der Waals surface area contributed by atoms with Crippen LogP contribution in [0.25, 0.3) is 0 Å². The second kappa shape index (κ2) is 6.88. The molecule has 0 aromatic heterocycles. The molecule has 106 valence electrons. The highest BCUT2D eigenvalue weighted by Crippen LogP contribution is 2.15. The summed E-state index contributed by atoms with van der Waals surface area (Å²) in [5, 5.41) is 24.0. The van der Waals surface area contributed by atoms with Gasteiger partial charge in [0.1, 0.15) is 6.54 Å². The first-order chi connectivity index (χ1) is 9.38. The van der Waals surface area contributed by atoms with Crippen molar-refractivity contribution in [2.24, 2.45) is 0 Å². The number of nitro groups is 1. The molecule has 0 aliphatic heterocycles. The molecule has 1 rings (SSSR count). The lowest BCUT2D eigenvalue weighted by Crippen LogP contribution is -2.22. The van der Waals surface area contributed by atoms with Gasteiger partial charge in [0.15, 0.2) is 0 Å². The maximum Gasteiger partial charge on any atom is 0.322 e. The van der Waals surface area contributed by atoms with Gasteiger partial charge in [-0.1, -0.05) is 0 Å². The largest absolute Gasteiger partial charge is 0.480 e. The van der Waals surface area contributed by atoms with Gasteiger partial charge in [-0.25, -0.2) is 0 Å². The van der Waals surface area contributed by atoms with Crippen LogP contribution in [0.1, 0.15) is 6.92 Å². The zero-order chi connectivity index (χ0) is 15.1. The predicted octanol–water partition coefficient (Wildman–Crippen LogP) is 1.11. The number of hydrogen-bond donors (Lipinski definition) is 3. The van der Waals surface area contributed by atoms with E-state index in [1.165, 1.54) is 30.3 Å². The number of carbonyl (C=O) groups excluding carboxylic acids is 1. The highest BCUT2D eigenvalue weighted by Gasteiger charge is 2.05. The minimum Gasteiger partial charge on any atom is -0.480 e. The van der Waals surface area contributed by atoms with E-state index < -0.39 is 16.8 Å². The summed E-state index contributed by atoms with van der Waals surface area (Å²) in [6.07, 6.45) is 1.20. The van der Waals surface area contributed by atoms with E-state index in [2.05, 4.69) is 10.6 Å². The molecule has 0 aliphatic carbocycles. The molecule has 0 saturated carbocycles. The van der Waals surface area contributed by atoms with E-state index in [1.807, 2.05) is 0 Å². The highest BCUT2D eigenvalue weighted by atomic mass is 16.6. The second-order valence-electron chi connectivity index (χ2n) is 3.87. The van der Waals surface area contributed by atoms with E-state index in [9.17, 15) is 19.7 Å². The van der Waals surface area contributed by atoms with Crippen molar-refractivity contribution in [3.8, 4) is 0 Å². The summed E-state index contributed by atoms with van der Waals surface area (Å²) in [5.41, 5.74) is 0.729. The van der Waals surface area contributed by atoms with Crippen LogP contribution in [-0.4, -0.2) is 28.5 Å². The molecule has 0 spiro atoms. The number of benzene rings is 1. The molecule has 20 heavy (non-hydrogen) atoms. The SMILES string of the molecule is C/C(=C\C(=O)Nc1ccc([N+](=O)[O-])cc1)NCC(=O)O. The number of carboxylic acid groups (broad SMARTS) is 1. The quantitative estimate of drug-likeness (QED) is 0.407. The Morgan fingerprint density at radius 2 is 1.95 bits per heavy atom. The first kappa shape index (κ1) is 15.2. The lowest BCUT2D eigenvalue weighted by Gasteiger charge is -2.04. The van der Waals surface area contributed by atoms with Gasteiger partial charge in [0, 0.05) is 29.6 Å². The normalized spacial score (nSPS) is 10.8. The molecule has 0 saturated heterocycles. The summed E-state index contributed by atoms with van der Waals surface area (Å²) in [6, 6.07) is 5.36. The number of anilines is 1. The number of non-ortho nitro benzene ring substituents is 1. The number of hydrogen-bond acceptors (Lipinski definition) is 5. The fraction of sp³-hybridized carbons (Fsp3) is 0.167. The lowest BCUT2D eigenvalue weighted by molar-refractivity contribution is -0.384. The maximum atomic E-state index is 11.6. The van der Waals surface area contributed by atoms with Crippen molar-refractivity contribution in [3.63, 3.8) is 0 Å². The summed E-state index contributed by atoms with van der Waals surface area (Å²) >= 11 is 0. The van der Waals surface area contributed by atoms with Gasteiger partial charge < -0.3 is 15.7 Å². The number of allylic oxidation sites excluding steroid dienone is 1. The third kappa shape index (κ3) is 5.17. The first-order valence-corrected chi connectivity index (χ1v) is 5.58. The Balaban J connectivity index is 2.59. The fourth-order valence-electron chi connectivity index (χ4n) is 1.31. The van der Waals surface area contributed by atoms with Gasteiger partial charge in [0.2, 0.25) is 5.91 Å². The second-order valence-corrected chi connectivity index (χ2v) is 3.87. The van der Waals surface area contributed by atoms with E-state index in [1.54, 1.807) is 6.92 Å². The van der Waals surface area contributed by atoms with E-state index in [0.717, 1.165) is 0 Å². The van der Waals surface area contributed by atoms with E-state index >= 15 is 0 Å². The van der Waals surface area contributed by atoms with Crippen LogP contribution in [0.2, 0.25) is 0 Å². The lowest BCUT2D eigenvalue weighted by atomic mass is 10.3. The van der Waals surface area contributed by atoms with E-state index in [4.69, 9.17) is 5.11 Å². The number of carbonyl (C=O) groups is 2. The summed E-state index contributed by atoms with van der Waals surface area (Å²) in [4.78, 5) is 31.8. The van der Waals surface area contributed by atoms with E-state index in [0.29, 0.717) is 11.4 Å². The van der Waals surface area contributed by atoms with Gasteiger partial charge in [-0.05, 0) is 19.1 Å². The monoisotopic (exact) mass is 279 g/mol. The van der Waals surface area contributed by atoms with Crippen molar-refractivity contribution in [3.05, 3.63) is 46.2 Å². The smallest absolute Gasteiger partial charge is 0.322 e. The van der Waals surface area contributed by atoms with Crippen LogP contribution in [0, 0.1) is 10.1 Å². The molecule has 0 atom stereocenters. The van der Waals surface area contributed by atoms with Crippen molar-refractivity contribution in [1.82, 2.24) is 5.32 Å². The van der Waals surface area contributed by atoms with Crippen molar-refractivity contribution < 1.29 is 19.6 Å². The van der Waals surface area contributed by atoms with Crippen LogP contribution in [-0.2, 0) is 9.59 Å². The molecule has 0 fully saturated rings. The molecule has 1 aromatic carbocycles. The van der Waals surface area contributed by atoms with Crippen LogP contribution in [0.4, 0.5) is 11.4 Å². The predicted molar refractivity (Wildman–Crippen MR) is 71.1 cm³/mol. The van der Waals surface area contributed by atoms with Crippen molar-refractivity contribution in [1.29, 1.82) is 0 Å². The summed E-state index contributed by atoms with van der Waals surface area (Å²) in [5.74, 6) is -1.50. The number of nitrogens with zero attached hydrogens (tertiary/aromatic N) is 1. The van der Waals surface area contributed by atoms with Crippen LogP contribution < -0.4 is 10.6 Å². The Kier molecular flexibility index (Phi) is 5.21. The molecular formula is C12H13N3O5. The minimum atomic E-state index is -1.03. The van der Waals surface area contributed by atoms with Crippen LogP contribution in [0.5, 0.6) is 0 Å². The van der Waals surface area contributed by atoms with Gasteiger partial charge >= 0.3 is 5.97 Å². The number of aliphatic carboxylic acids is 1. The van der Waals surface area contributed by atoms with Crippen molar-refractivity contribution in [2.75, 3.05) is 11.9 Å². The molecule has 1 aromatic rings. The Hall–Kier alpha value is -2.90. The Labute approximate surface area is 114 Å². The molecule has 3 N–H and O–H groups in total. The molecule has 0 unspecified atom stereocenters. The molecule has 0 heterocycles. The Morgan fingerprint density at radius 1 is 1.35 bits per heavy atom. The van der Waals surface area contributed by atoms with Crippen molar-refractivity contribution in [2.45, 2.75) is 6.92 Å². The summed E-state index contributed by atoms with van der Waals surface area (Å²) < 4.78 is 0. The minimum absolute atomic E-state index is 0.0714. The molecule has 1 amide bonds. The zero-order valence-electron chi connectivity index (χ0n) is 10.6. The first-order valence-electron chi connectivity index (χ1n) is 5.58. The number of rotatable bonds is 6. The number of nitro benzene ring substituents is 1. The van der Waals surface area contributed by atoms with Gasteiger partial charge in [0.05, 0.1) is 4.92 Å². The number of amides is 1. The third-order valence-corrected chi connectivity index (χ3v) is 2.21. The zero-order valence-corrected chi connectivity index (χ0v) is 10.6. The molecule has 0 aliphatic rings. The van der Waals surface area contributed by atoms with Gasteiger partial charge in [0.25, 0.3) is 5.69 Å². The van der Waals surface area contributed by atoms with Crippen molar-refractivity contribution >= 4 is 23.3 Å². The average Bonchev–Trinajstić information content (AvgIpc) is 2.36. The van der Waals surface area contributed by atoms with Gasteiger partial charge in [-0.2, -0.15) is 0 Å². The number of nitrogens with one attached hydrogen (secondary N) is 2. The van der Waals surface area contributed by atoms with Gasteiger partial charge in [-0.3, -0.25) is 19.7 Å². The Morgan fingerprint density at radius 3 is 2.45 bits per heavy atom. The molecule has 0 bridgehead atoms. The number of carboxylic acids is 1. The van der Waals surface area contributed by atoms with Crippen LogP contribution >= 0.6 is 0 Å².